The quantitative estimate of drug-likeness (QED) is 0.904. The zero-order valence-corrected chi connectivity index (χ0v) is 12.9. The van der Waals surface area contributed by atoms with Crippen LogP contribution < -0.4 is 9.47 Å². The van der Waals surface area contributed by atoms with Gasteiger partial charge in [-0.1, -0.05) is 6.42 Å². The van der Waals surface area contributed by atoms with E-state index < -0.39 is 11.5 Å². The highest BCUT2D eigenvalue weighted by Crippen LogP contribution is 2.38. The lowest BCUT2D eigenvalue weighted by Gasteiger charge is -2.41. The van der Waals surface area contributed by atoms with Gasteiger partial charge in [-0.2, -0.15) is 0 Å². The maximum absolute atomic E-state index is 12.0. The number of hydrogen-bond donors (Lipinski definition) is 1. The Hall–Kier alpha value is -1.75. The van der Waals surface area contributed by atoms with E-state index in [0.29, 0.717) is 17.1 Å². The van der Waals surface area contributed by atoms with Crippen molar-refractivity contribution in [1.82, 2.24) is 4.90 Å². The Morgan fingerprint density at radius 2 is 1.86 bits per heavy atom. The van der Waals surface area contributed by atoms with Crippen LogP contribution in [0.4, 0.5) is 0 Å². The highest BCUT2D eigenvalue weighted by Gasteiger charge is 2.43. The average molecular weight is 293 g/mol. The Kier molecular flexibility index (Phi) is 4.73. The van der Waals surface area contributed by atoms with Gasteiger partial charge in [0, 0.05) is 11.6 Å². The number of aliphatic carboxylic acids is 1. The van der Waals surface area contributed by atoms with E-state index in [1.807, 2.05) is 4.90 Å². The molecular weight excluding hydrogens is 270 g/mol. The van der Waals surface area contributed by atoms with E-state index >= 15 is 0 Å². The summed E-state index contributed by atoms with van der Waals surface area (Å²) in [5.41, 5.74) is -0.418. The number of carboxylic acids is 1. The summed E-state index contributed by atoms with van der Waals surface area (Å²) in [4.78, 5) is 14.0. The van der Waals surface area contributed by atoms with E-state index in [2.05, 4.69) is 0 Å². The van der Waals surface area contributed by atoms with Crippen LogP contribution in [-0.2, 0) is 10.3 Å². The van der Waals surface area contributed by atoms with Gasteiger partial charge in [0.1, 0.15) is 17.0 Å². The third kappa shape index (κ3) is 2.83. The van der Waals surface area contributed by atoms with Crippen molar-refractivity contribution in [1.29, 1.82) is 0 Å². The third-order valence-electron chi connectivity index (χ3n) is 4.34. The molecule has 2 rings (SSSR count). The van der Waals surface area contributed by atoms with Gasteiger partial charge in [0.25, 0.3) is 0 Å². The molecule has 116 valence electrons. The van der Waals surface area contributed by atoms with E-state index in [0.717, 1.165) is 32.4 Å². The molecule has 0 radical (unpaired) electrons. The normalized spacial score (nSPS) is 18.8. The third-order valence-corrected chi connectivity index (χ3v) is 4.34. The number of likely N-dealkylation sites (tertiary alicyclic amines) is 1. The van der Waals surface area contributed by atoms with Crippen LogP contribution in [0.25, 0.3) is 0 Å². The maximum atomic E-state index is 12.0. The van der Waals surface area contributed by atoms with Crippen LogP contribution in [0.1, 0.15) is 31.7 Å². The predicted octanol–water partition coefficient (Wildman–Crippen LogP) is 2.49. The standard InChI is InChI=1S/C16H23NO4/c1-16(15(18)19,17-9-5-4-6-10-17)13-8-7-12(20-2)11-14(13)21-3/h7-8,11H,4-6,9-10H2,1-3H3,(H,18,19). The molecule has 5 nitrogen and oxygen atoms in total. The van der Waals surface area contributed by atoms with Gasteiger partial charge in [-0.3, -0.25) is 4.90 Å². The predicted molar refractivity (Wildman–Crippen MR) is 80.0 cm³/mol. The molecule has 1 unspecified atom stereocenters. The Labute approximate surface area is 125 Å². The fourth-order valence-electron chi connectivity index (χ4n) is 2.96. The second-order valence-electron chi connectivity index (χ2n) is 5.49. The zero-order valence-electron chi connectivity index (χ0n) is 12.9. The minimum Gasteiger partial charge on any atom is -0.497 e. The summed E-state index contributed by atoms with van der Waals surface area (Å²) < 4.78 is 10.6. The summed E-state index contributed by atoms with van der Waals surface area (Å²) in [7, 11) is 3.13. The number of hydrogen-bond acceptors (Lipinski definition) is 4. The van der Waals surface area contributed by atoms with Crippen molar-refractivity contribution < 1.29 is 19.4 Å². The summed E-state index contributed by atoms with van der Waals surface area (Å²) >= 11 is 0. The van der Waals surface area contributed by atoms with Crippen molar-refractivity contribution in [2.45, 2.75) is 31.7 Å². The van der Waals surface area contributed by atoms with Gasteiger partial charge in [-0.25, -0.2) is 4.79 Å². The van der Waals surface area contributed by atoms with Gasteiger partial charge >= 0.3 is 5.97 Å². The molecule has 1 atom stereocenters. The summed E-state index contributed by atoms with van der Waals surface area (Å²) in [6, 6.07) is 5.31. The van der Waals surface area contributed by atoms with Gasteiger partial charge < -0.3 is 14.6 Å². The molecule has 0 aromatic heterocycles. The van der Waals surface area contributed by atoms with Crippen molar-refractivity contribution in [3.8, 4) is 11.5 Å². The van der Waals surface area contributed by atoms with Crippen molar-refractivity contribution in [3.05, 3.63) is 23.8 Å². The molecule has 1 aliphatic rings. The van der Waals surface area contributed by atoms with Gasteiger partial charge in [-0.15, -0.1) is 0 Å². The summed E-state index contributed by atoms with van der Waals surface area (Å²) in [5.74, 6) is 0.347. The summed E-state index contributed by atoms with van der Waals surface area (Å²) in [6.07, 6.45) is 3.22. The van der Waals surface area contributed by atoms with Gasteiger partial charge in [0.05, 0.1) is 14.2 Å². The van der Waals surface area contributed by atoms with Crippen molar-refractivity contribution in [2.24, 2.45) is 0 Å². The van der Waals surface area contributed by atoms with Crippen molar-refractivity contribution in [2.75, 3.05) is 27.3 Å². The molecule has 0 spiro atoms. The first-order chi connectivity index (χ1) is 10.0. The van der Waals surface area contributed by atoms with E-state index in [1.54, 1.807) is 39.3 Å². The van der Waals surface area contributed by atoms with Crippen LogP contribution in [0.2, 0.25) is 0 Å². The van der Waals surface area contributed by atoms with Crippen molar-refractivity contribution >= 4 is 5.97 Å². The highest BCUT2D eigenvalue weighted by molar-refractivity contribution is 5.81. The molecule has 1 N–H and O–H groups in total. The molecule has 21 heavy (non-hydrogen) atoms. The van der Waals surface area contributed by atoms with Crippen LogP contribution in [0, 0.1) is 0 Å². The fourth-order valence-corrected chi connectivity index (χ4v) is 2.96. The average Bonchev–Trinajstić information content (AvgIpc) is 2.54. The van der Waals surface area contributed by atoms with Crippen molar-refractivity contribution in [3.63, 3.8) is 0 Å². The molecule has 5 heteroatoms. The van der Waals surface area contributed by atoms with E-state index in [1.165, 1.54) is 0 Å². The number of ether oxygens (including phenoxy) is 2. The number of carbonyl (C=O) groups is 1. The highest BCUT2D eigenvalue weighted by atomic mass is 16.5. The Bertz CT molecular complexity index is 511. The van der Waals surface area contributed by atoms with E-state index in [4.69, 9.17) is 9.47 Å². The lowest BCUT2D eigenvalue weighted by Crippen LogP contribution is -2.52. The SMILES string of the molecule is COc1ccc(C(C)(C(=O)O)N2CCCCC2)c(OC)c1. The van der Waals surface area contributed by atoms with Crippen LogP contribution in [0.3, 0.4) is 0 Å². The number of benzene rings is 1. The number of carboxylic acid groups (broad SMARTS) is 1. The monoisotopic (exact) mass is 293 g/mol. The molecule has 1 aromatic rings. The summed E-state index contributed by atoms with van der Waals surface area (Å²) in [6.45, 7) is 3.33. The summed E-state index contributed by atoms with van der Waals surface area (Å²) in [5, 5.41) is 9.86. The molecule has 1 aromatic carbocycles. The minimum absolute atomic E-state index is 0.546. The first-order valence-electron chi connectivity index (χ1n) is 7.25. The largest absolute Gasteiger partial charge is 0.497 e. The smallest absolute Gasteiger partial charge is 0.328 e. The molecule has 1 fully saturated rings. The molecule has 0 saturated carbocycles. The van der Waals surface area contributed by atoms with Gasteiger partial charge in [0.2, 0.25) is 0 Å². The van der Waals surface area contributed by atoms with Crippen LogP contribution in [-0.4, -0.2) is 43.3 Å². The second kappa shape index (κ2) is 6.35. The van der Waals surface area contributed by atoms with Crippen LogP contribution in [0.5, 0.6) is 11.5 Å². The number of methoxy groups -OCH3 is 2. The molecule has 0 bridgehead atoms. The Morgan fingerprint density at radius 1 is 1.19 bits per heavy atom. The van der Waals surface area contributed by atoms with Crippen LogP contribution >= 0.6 is 0 Å². The molecule has 1 aliphatic heterocycles. The topological polar surface area (TPSA) is 59.0 Å². The fraction of sp³-hybridized carbons (Fsp3) is 0.562. The molecule has 1 heterocycles. The minimum atomic E-state index is -1.09. The molecular formula is C16H23NO4. The van der Waals surface area contributed by atoms with Crippen LogP contribution in [0.15, 0.2) is 18.2 Å². The first-order valence-corrected chi connectivity index (χ1v) is 7.25. The van der Waals surface area contributed by atoms with Gasteiger partial charge in [0.15, 0.2) is 0 Å². The second-order valence-corrected chi connectivity index (χ2v) is 5.49. The van der Waals surface area contributed by atoms with E-state index in [9.17, 15) is 9.90 Å². The number of nitrogens with zero attached hydrogens (tertiary/aromatic N) is 1. The Morgan fingerprint density at radius 3 is 2.38 bits per heavy atom. The van der Waals surface area contributed by atoms with E-state index in [-0.39, 0.29) is 0 Å². The number of piperidine rings is 1. The number of rotatable bonds is 5. The lowest BCUT2D eigenvalue weighted by molar-refractivity contribution is -0.152. The van der Waals surface area contributed by atoms with Gasteiger partial charge in [-0.05, 0) is 45.0 Å². The Balaban J connectivity index is 2.48. The molecule has 1 saturated heterocycles. The molecule has 0 amide bonds. The zero-order chi connectivity index (χ0) is 15.5. The maximum Gasteiger partial charge on any atom is 0.328 e. The molecule has 0 aliphatic carbocycles. The lowest BCUT2D eigenvalue weighted by atomic mass is 9.87. The first kappa shape index (κ1) is 15.6.